The summed E-state index contributed by atoms with van der Waals surface area (Å²) in [6.45, 7) is 6.46. The lowest BCUT2D eigenvalue weighted by Crippen LogP contribution is -2.29. The molecular weight excluding hydrogens is 442 g/mol. The van der Waals surface area contributed by atoms with Crippen molar-refractivity contribution in [1.82, 2.24) is 0 Å². The SMILES string of the molecule is CCCOc1cccc(N2C(=O)C(=O)/C(=C(/O)c3ccc(C)c(C)c3)C2c2cccc(OC)c2)c1. The predicted octanol–water partition coefficient (Wildman–Crippen LogP) is 5.73. The summed E-state index contributed by atoms with van der Waals surface area (Å²) >= 11 is 0. The van der Waals surface area contributed by atoms with Crippen LogP contribution in [0.4, 0.5) is 5.69 Å². The fraction of sp³-hybridized carbons (Fsp3) is 0.241. The summed E-state index contributed by atoms with van der Waals surface area (Å²) < 4.78 is 11.2. The third-order valence-corrected chi connectivity index (χ3v) is 6.20. The number of aliphatic hydroxyl groups excluding tert-OH is 1. The molecule has 1 unspecified atom stereocenters. The molecule has 1 saturated heterocycles. The first kappa shape index (κ1) is 24.1. The summed E-state index contributed by atoms with van der Waals surface area (Å²) in [5.74, 6) is -0.478. The summed E-state index contributed by atoms with van der Waals surface area (Å²) in [5, 5.41) is 11.3. The van der Waals surface area contributed by atoms with Crippen molar-refractivity contribution >= 4 is 23.1 Å². The first-order chi connectivity index (χ1) is 16.8. The van der Waals surface area contributed by atoms with E-state index in [1.807, 2.05) is 45.0 Å². The smallest absolute Gasteiger partial charge is 0.300 e. The van der Waals surface area contributed by atoms with E-state index >= 15 is 0 Å². The zero-order valence-electron chi connectivity index (χ0n) is 20.4. The highest BCUT2D eigenvalue weighted by Gasteiger charge is 2.47. The van der Waals surface area contributed by atoms with E-state index in [1.165, 1.54) is 4.90 Å². The van der Waals surface area contributed by atoms with Crippen LogP contribution in [0.5, 0.6) is 11.5 Å². The van der Waals surface area contributed by atoms with Crippen molar-refractivity contribution in [2.24, 2.45) is 0 Å². The number of aliphatic hydroxyl groups is 1. The van der Waals surface area contributed by atoms with Crippen LogP contribution in [-0.4, -0.2) is 30.5 Å². The van der Waals surface area contributed by atoms with Gasteiger partial charge in [0.1, 0.15) is 17.3 Å². The number of carbonyl (C=O) groups is 2. The Hall–Kier alpha value is -4.06. The van der Waals surface area contributed by atoms with Gasteiger partial charge in [-0.2, -0.15) is 0 Å². The van der Waals surface area contributed by atoms with Gasteiger partial charge in [0, 0.05) is 17.3 Å². The van der Waals surface area contributed by atoms with Crippen molar-refractivity contribution in [2.45, 2.75) is 33.2 Å². The normalized spacial score (nSPS) is 17.0. The molecule has 0 spiro atoms. The van der Waals surface area contributed by atoms with E-state index in [-0.39, 0.29) is 11.3 Å². The molecule has 6 heteroatoms. The third kappa shape index (κ3) is 4.64. The number of benzene rings is 3. The lowest BCUT2D eigenvalue weighted by atomic mass is 9.94. The molecular formula is C29H29NO5. The Kier molecular flexibility index (Phi) is 6.92. The van der Waals surface area contributed by atoms with E-state index in [4.69, 9.17) is 9.47 Å². The van der Waals surface area contributed by atoms with Gasteiger partial charge in [0.25, 0.3) is 11.7 Å². The molecule has 6 nitrogen and oxygen atoms in total. The van der Waals surface area contributed by atoms with Crippen LogP contribution in [0, 0.1) is 13.8 Å². The van der Waals surface area contributed by atoms with Crippen molar-refractivity contribution in [2.75, 3.05) is 18.6 Å². The molecule has 0 bridgehead atoms. The van der Waals surface area contributed by atoms with Crippen LogP contribution in [0.1, 0.15) is 41.6 Å². The fourth-order valence-corrected chi connectivity index (χ4v) is 4.21. The Balaban J connectivity index is 1.92. The predicted molar refractivity (Wildman–Crippen MR) is 136 cm³/mol. The van der Waals surface area contributed by atoms with Crippen molar-refractivity contribution in [3.05, 3.63) is 94.6 Å². The average Bonchev–Trinajstić information content (AvgIpc) is 3.14. The van der Waals surface area contributed by atoms with E-state index in [0.717, 1.165) is 17.5 Å². The summed E-state index contributed by atoms with van der Waals surface area (Å²) in [5.41, 5.74) is 3.71. The number of carbonyl (C=O) groups excluding carboxylic acids is 2. The summed E-state index contributed by atoms with van der Waals surface area (Å²) in [4.78, 5) is 28.2. The molecule has 0 saturated carbocycles. The molecule has 1 aliphatic heterocycles. The molecule has 0 aliphatic carbocycles. The van der Waals surface area contributed by atoms with E-state index < -0.39 is 17.7 Å². The molecule has 35 heavy (non-hydrogen) atoms. The Morgan fingerprint density at radius 2 is 1.69 bits per heavy atom. The van der Waals surface area contributed by atoms with Crippen LogP contribution in [0.2, 0.25) is 0 Å². The van der Waals surface area contributed by atoms with Gasteiger partial charge in [-0.15, -0.1) is 0 Å². The fourth-order valence-electron chi connectivity index (χ4n) is 4.21. The standard InChI is InChI=1S/C29H29NO5/c1-5-14-35-24-11-7-9-22(17-24)30-26(20-8-6-10-23(16-20)34-4)25(28(32)29(30)33)27(31)21-13-12-18(2)19(3)15-21/h6-13,15-17,26,31H,5,14H2,1-4H3/b27-25+. The summed E-state index contributed by atoms with van der Waals surface area (Å²) in [6.07, 6.45) is 0.842. The maximum absolute atomic E-state index is 13.4. The molecule has 0 radical (unpaired) electrons. The van der Waals surface area contributed by atoms with Gasteiger partial charge >= 0.3 is 0 Å². The van der Waals surface area contributed by atoms with Crippen LogP contribution in [0.15, 0.2) is 72.3 Å². The molecule has 1 atom stereocenters. The van der Waals surface area contributed by atoms with Gasteiger partial charge in [0.05, 0.1) is 25.3 Å². The van der Waals surface area contributed by atoms with Crippen LogP contribution >= 0.6 is 0 Å². The number of aryl methyl sites for hydroxylation is 2. The number of Topliss-reactive ketones (excluding diaryl/α,β-unsaturated/α-hetero) is 1. The lowest BCUT2D eigenvalue weighted by molar-refractivity contribution is -0.132. The molecule has 3 aromatic rings. The molecule has 4 rings (SSSR count). The highest BCUT2D eigenvalue weighted by molar-refractivity contribution is 6.51. The quantitative estimate of drug-likeness (QED) is 0.271. The summed E-state index contributed by atoms with van der Waals surface area (Å²) in [7, 11) is 1.56. The highest BCUT2D eigenvalue weighted by Crippen LogP contribution is 2.43. The second kappa shape index (κ2) is 10.1. The van der Waals surface area contributed by atoms with Gasteiger partial charge in [-0.1, -0.05) is 37.3 Å². The number of amides is 1. The maximum atomic E-state index is 13.4. The monoisotopic (exact) mass is 471 g/mol. The van der Waals surface area contributed by atoms with Crippen LogP contribution in [0.3, 0.4) is 0 Å². The van der Waals surface area contributed by atoms with Crippen molar-refractivity contribution in [1.29, 1.82) is 0 Å². The van der Waals surface area contributed by atoms with Crippen molar-refractivity contribution in [3.8, 4) is 11.5 Å². The van der Waals surface area contributed by atoms with Gasteiger partial charge in [0.2, 0.25) is 0 Å². The number of nitrogens with zero attached hydrogens (tertiary/aromatic N) is 1. The number of rotatable bonds is 7. The minimum Gasteiger partial charge on any atom is -0.507 e. The van der Waals surface area contributed by atoms with Crippen LogP contribution < -0.4 is 14.4 Å². The van der Waals surface area contributed by atoms with Gasteiger partial charge in [-0.25, -0.2) is 0 Å². The van der Waals surface area contributed by atoms with Crippen molar-refractivity contribution < 1.29 is 24.2 Å². The molecule has 1 aliphatic rings. The minimum absolute atomic E-state index is 0.0337. The minimum atomic E-state index is -0.840. The second-order valence-electron chi connectivity index (χ2n) is 8.59. The number of ether oxygens (including phenoxy) is 2. The third-order valence-electron chi connectivity index (χ3n) is 6.20. The molecule has 1 N–H and O–H groups in total. The Labute approximate surface area is 205 Å². The summed E-state index contributed by atoms with van der Waals surface area (Å²) in [6, 6.07) is 18.9. The second-order valence-corrected chi connectivity index (χ2v) is 8.59. The zero-order chi connectivity index (χ0) is 25.1. The molecule has 180 valence electrons. The number of methoxy groups -OCH3 is 1. The maximum Gasteiger partial charge on any atom is 0.300 e. The Bertz CT molecular complexity index is 1310. The molecule has 3 aromatic carbocycles. The van der Waals surface area contributed by atoms with Crippen molar-refractivity contribution in [3.63, 3.8) is 0 Å². The number of anilines is 1. The molecule has 1 fully saturated rings. The number of hydrogen-bond acceptors (Lipinski definition) is 5. The average molecular weight is 472 g/mol. The number of ketones is 1. The Morgan fingerprint density at radius 1 is 0.943 bits per heavy atom. The largest absolute Gasteiger partial charge is 0.507 e. The molecule has 1 heterocycles. The Morgan fingerprint density at radius 3 is 2.40 bits per heavy atom. The topological polar surface area (TPSA) is 76.1 Å². The van der Waals surface area contributed by atoms with E-state index in [1.54, 1.807) is 49.6 Å². The highest BCUT2D eigenvalue weighted by atomic mass is 16.5. The first-order valence-electron chi connectivity index (χ1n) is 11.6. The van der Waals surface area contributed by atoms with Gasteiger partial charge in [-0.3, -0.25) is 14.5 Å². The molecule has 1 amide bonds. The molecule has 0 aromatic heterocycles. The van der Waals surface area contributed by atoms with Gasteiger partial charge in [-0.05, 0) is 67.3 Å². The van der Waals surface area contributed by atoms with E-state index in [0.29, 0.717) is 34.9 Å². The lowest BCUT2D eigenvalue weighted by Gasteiger charge is -2.26. The first-order valence-corrected chi connectivity index (χ1v) is 11.6. The van der Waals surface area contributed by atoms with Gasteiger partial charge < -0.3 is 14.6 Å². The number of hydrogen-bond donors (Lipinski definition) is 1. The van der Waals surface area contributed by atoms with E-state index in [2.05, 4.69) is 0 Å². The van der Waals surface area contributed by atoms with E-state index in [9.17, 15) is 14.7 Å². The van der Waals surface area contributed by atoms with Gasteiger partial charge in [0.15, 0.2) is 0 Å². The van der Waals surface area contributed by atoms with Crippen LogP contribution in [0.25, 0.3) is 5.76 Å². The van der Waals surface area contributed by atoms with Crippen LogP contribution in [-0.2, 0) is 9.59 Å². The zero-order valence-corrected chi connectivity index (χ0v) is 20.4.